The highest BCUT2D eigenvalue weighted by Crippen LogP contribution is 2.34. The van der Waals surface area contributed by atoms with Crippen molar-refractivity contribution in [3.8, 4) is 0 Å². The summed E-state index contributed by atoms with van der Waals surface area (Å²) in [6, 6.07) is 9.20. The van der Waals surface area contributed by atoms with Crippen LogP contribution in [0.1, 0.15) is 30.9 Å². The van der Waals surface area contributed by atoms with E-state index in [-0.39, 0.29) is 0 Å². The molecule has 1 unspecified atom stereocenters. The summed E-state index contributed by atoms with van der Waals surface area (Å²) in [5.41, 5.74) is 2.59. The Morgan fingerprint density at radius 3 is 2.79 bits per heavy atom. The van der Waals surface area contributed by atoms with Gasteiger partial charge >= 0.3 is 0 Å². The van der Waals surface area contributed by atoms with E-state index in [1.54, 1.807) is 0 Å². The van der Waals surface area contributed by atoms with Crippen molar-refractivity contribution in [2.24, 2.45) is 0 Å². The third kappa shape index (κ3) is 5.05. The lowest BCUT2D eigenvalue weighted by Crippen LogP contribution is -2.22. The number of rotatable bonds is 8. The summed E-state index contributed by atoms with van der Waals surface area (Å²) in [4.78, 5) is 2.23. The maximum atomic E-state index is 3.47. The zero-order valence-electron chi connectivity index (χ0n) is 12.1. The molecule has 0 spiro atoms. The van der Waals surface area contributed by atoms with Crippen LogP contribution in [0, 0.1) is 0 Å². The summed E-state index contributed by atoms with van der Waals surface area (Å²) in [5.74, 6) is 0. The van der Waals surface area contributed by atoms with E-state index >= 15 is 0 Å². The molecule has 1 fully saturated rings. The first-order valence-corrected chi connectivity index (χ1v) is 7.90. The molecule has 0 amide bonds. The van der Waals surface area contributed by atoms with Crippen molar-refractivity contribution in [3.63, 3.8) is 0 Å². The van der Waals surface area contributed by atoms with E-state index in [2.05, 4.69) is 53.3 Å². The Morgan fingerprint density at radius 1 is 1.37 bits per heavy atom. The lowest BCUT2D eigenvalue weighted by atomic mass is 10.0. The highest BCUT2D eigenvalue weighted by molar-refractivity contribution is 8.01. The van der Waals surface area contributed by atoms with Crippen molar-refractivity contribution in [2.45, 2.75) is 30.6 Å². The van der Waals surface area contributed by atoms with E-state index < -0.39 is 0 Å². The van der Waals surface area contributed by atoms with Gasteiger partial charge in [0.15, 0.2) is 0 Å². The molecule has 0 aliphatic heterocycles. The molecule has 0 bridgehead atoms. The van der Waals surface area contributed by atoms with Gasteiger partial charge in [0.25, 0.3) is 0 Å². The minimum atomic E-state index is 0.426. The normalized spacial score (nSPS) is 16.6. The molecule has 1 aromatic carbocycles. The Morgan fingerprint density at radius 2 is 2.16 bits per heavy atom. The molecular weight excluding hydrogens is 254 g/mol. The lowest BCUT2D eigenvalue weighted by Gasteiger charge is -2.20. The maximum Gasteiger partial charge on any atom is 0.0443 e. The predicted octanol–water partition coefficient (Wildman–Crippen LogP) is 3.12. The van der Waals surface area contributed by atoms with Crippen LogP contribution in [0.3, 0.4) is 0 Å². The Hall–Kier alpha value is -0.710. The van der Waals surface area contributed by atoms with Gasteiger partial charge in [-0.2, -0.15) is 0 Å². The molecule has 1 aliphatic carbocycles. The molecular formula is C15H25N3S. The quantitative estimate of drug-likeness (QED) is 0.715. The molecule has 106 valence electrons. The first kappa shape index (κ1) is 14.7. The molecule has 0 radical (unpaired) electrons. The molecule has 2 N–H and O–H groups in total. The van der Waals surface area contributed by atoms with E-state index in [9.17, 15) is 0 Å². The molecule has 3 nitrogen and oxygen atoms in total. The number of nitrogens with one attached hydrogen (secondary N) is 2. The Kier molecular flexibility index (Phi) is 5.55. The van der Waals surface area contributed by atoms with E-state index in [1.165, 1.54) is 24.1 Å². The molecule has 4 heteroatoms. The van der Waals surface area contributed by atoms with Crippen LogP contribution in [-0.4, -0.2) is 37.8 Å². The molecule has 1 aliphatic rings. The van der Waals surface area contributed by atoms with Gasteiger partial charge in [-0.15, -0.1) is 0 Å². The monoisotopic (exact) mass is 279 g/mol. The van der Waals surface area contributed by atoms with Crippen molar-refractivity contribution in [1.29, 1.82) is 0 Å². The Bertz CT molecular complexity index is 391. The van der Waals surface area contributed by atoms with Gasteiger partial charge in [-0.1, -0.05) is 12.1 Å². The maximum absolute atomic E-state index is 3.47. The third-order valence-electron chi connectivity index (χ3n) is 3.37. The highest BCUT2D eigenvalue weighted by Gasteiger charge is 2.22. The van der Waals surface area contributed by atoms with E-state index in [1.807, 2.05) is 19.0 Å². The number of nitrogens with zero attached hydrogens (tertiary/aromatic N) is 1. The van der Waals surface area contributed by atoms with Crippen molar-refractivity contribution in [2.75, 3.05) is 32.4 Å². The van der Waals surface area contributed by atoms with E-state index in [0.29, 0.717) is 6.04 Å². The van der Waals surface area contributed by atoms with Gasteiger partial charge < -0.3 is 14.9 Å². The fourth-order valence-corrected chi connectivity index (χ4v) is 2.82. The average Bonchev–Trinajstić information content (AvgIpc) is 3.21. The number of anilines is 1. The largest absolute Gasteiger partial charge is 0.330 e. The van der Waals surface area contributed by atoms with Crippen molar-refractivity contribution < 1.29 is 0 Å². The van der Waals surface area contributed by atoms with Crippen molar-refractivity contribution in [3.05, 3.63) is 29.8 Å². The zero-order chi connectivity index (χ0) is 13.7. The molecule has 1 aromatic rings. The first-order chi connectivity index (χ1) is 9.19. The second kappa shape index (κ2) is 7.17. The minimum Gasteiger partial charge on any atom is -0.330 e. The average molecular weight is 279 g/mol. The van der Waals surface area contributed by atoms with Crippen LogP contribution in [0.5, 0.6) is 0 Å². The third-order valence-corrected chi connectivity index (χ3v) is 4.53. The van der Waals surface area contributed by atoms with Crippen molar-refractivity contribution in [1.82, 2.24) is 10.2 Å². The SMILES string of the molecule is CNC(CCN(C)C)c1cccc(NSC2CC2)c1. The summed E-state index contributed by atoms with van der Waals surface area (Å²) >= 11 is 1.86. The topological polar surface area (TPSA) is 27.3 Å². The van der Waals surface area contributed by atoms with Crippen LogP contribution in [-0.2, 0) is 0 Å². The Balaban J connectivity index is 1.93. The summed E-state index contributed by atoms with van der Waals surface area (Å²) in [7, 11) is 6.29. The van der Waals surface area contributed by atoms with Crippen LogP contribution in [0.2, 0.25) is 0 Å². The van der Waals surface area contributed by atoms with E-state index in [4.69, 9.17) is 0 Å². The summed E-state index contributed by atoms with van der Waals surface area (Å²) < 4.78 is 3.47. The molecule has 2 rings (SSSR count). The van der Waals surface area contributed by atoms with Crippen LogP contribution in [0.25, 0.3) is 0 Å². The number of hydrogen-bond donors (Lipinski definition) is 2. The van der Waals surface area contributed by atoms with Gasteiger partial charge in [-0.25, -0.2) is 0 Å². The molecule has 1 saturated carbocycles. The van der Waals surface area contributed by atoms with Gasteiger partial charge in [0.05, 0.1) is 0 Å². The van der Waals surface area contributed by atoms with Gasteiger partial charge in [-0.05, 0) is 76.6 Å². The van der Waals surface area contributed by atoms with Crippen molar-refractivity contribution >= 4 is 17.6 Å². The lowest BCUT2D eigenvalue weighted by molar-refractivity contribution is 0.368. The summed E-state index contributed by atoms with van der Waals surface area (Å²) in [6.45, 7) is 1.10. The van der Waals surface area contributed by atoms with Gasteiger partial charge in [0.2, 0.25) is 0 Å². The Labute approximate surface area is 121 Å². The fraction of sp³-hybridized carbons (Fsp3) is 0.600. The van der Waals surface area contributed by atoms with Crippen LogP contribution in [0.15, 0.2) is 24.3 Å². The van der Waals surface area contributed by atoms with Gasteiger partial charge in [0, 0.05) is 17.0 Å². The smallest absolute Gasteiger partial charge is 0.0443 e. The minimum absolute atomic E-state index is 0.426. The summed E-state index contributed by atoms with van der Waals surface area (Å²) in [6.07, 6.45) is 3.85. The standard InChI is InChI=1S/C15H25N3S/c1-16-15(9-10-18(2)3)12-5-4-6-13(11-12)17-19-14-7-8-14/h4-6,11,14-17H,7-10H2,1-3H3. The number of benzene rings is 1. The van der Waals surface area contributed by atoms with Crippen LogP contribution in [0.4, 0.5) is 5.69 Å². The zero-order valence-corrected chi connectivity index (χ0v) is 13.0. The summed E-state index contributed by atoms with van der Waals surface area (Å²) in [5, 5.41) is 4.25. The number of hydrogen-bond acceptors (Lipinski definition) is 4. The first-order valence-electron chi connectivity index (χ1n) is 7.02. The molecule has 0 heterocycles. The molecule has 1 atom stereocenters. The second-order valence-corrected chi connectivity index (χ2v) is 6.58. The van der Waals surface area contributed by atoms with Crippen LogP contribution < -0.4 is 10.0 Å². The fourth-order valence-electron chi connectivity index (χ4n) is 2.02. The molecule has 19 heavy (non-hydrogen) atoms. The van der Waals surface area contributed by atoms with Gasteiger partial charge in [-0.3, -0.25) is 0 Å². The van der Waals surface area contributed by atoms with Crippen LogP contribution >= 0.6 is 11.9 Å². The second-order valence-electron chi connectivity index (χ2n) is 5.48. The van der Waals surface area contributed by atoms with Gasteiger partial charge in [0.1, 0.15) is 0 Å². The molecule has 0 aromatic heterocycles. The predicted molar refractivity (Wildman–Crippen MR) is 85.6 cm³/mol. The van der Waals surface area contributed by atoms with E-state index in [0.717, 1.165) is 18.2 Å². The molecule has 0 saturated heterocycles. The highest BCUT2D eigenvalue weighted by atomic mass is 32.2.